The van der Waals surface area contributed by atoms with E-state index in [1.807, 2.05) is 6.92 Å². The molecule has 0 fully saturated rings. The van der Waals surface area contributed by atoms with E-state index in [9.17, 15) is 0 Å². The Labute approximate surface area is 101 Å². The largest absolute Gasteiger partial charge is 0.358 e. The summed E-state index contributed by atoms with van der Waals surface area (Å²) in [7, 11) is 0. The average molecular weight is 232 g/mol. The SMILES string of the molecule is CC(C)(C)C(C)(C)OC(C)(S)C(C)(C)C. The molecule has 15 heavy (non-hydrogen) atoms. The first kappa shape index (κ1) is 15.3. The predicted octanol–water partition coefficient (Wildman–Crippen LogP) is 4.52. The van der Waals surface area contributed by atoms with E-state index in [0.29, 0.717) is 0 Å². The van der Waals surface area contributed by atoms with Crippen molar-refractivity contribution >= 4 is 12.6 Å². The maximum Gasteiger partial charge on any atom is 0.113 e. The highest BCUT2D eigenvalue weighted by atomic mass is 32.1. The molecule has 0 aromatic heterocycles. The fraction of sp³-hybridized carbons (Fsp3) is 1.00. The van der Waals surface area contributed by atoms with Gasteiger partial charge in [0.05, 0.1) is 5.60 Å². The lowest BCUT2D eigenvalue weighted by molar-refractivity contribution is -0.170. The Morgan fingerprint density at radius 3 is 1.20 bits per heavy atom. The molecular formula is C13H28OS. The summed E-state index contributed by atoms with van der Waals surface area (Å²) in [5.74, 6) is 0. The molecule has 0 aliphatic heterocycles. The van der Waals surface area contributed by atoms with Gasteiger partial charge in [-0.05, 0) is 31.6 Å². The van der Waals surface area contributed by atoms with Crippen LogP contribution in [0.1, 0.15) is 62.3 Å². The van der Waals surface area contributed by atoms with Crippen LogP contribution in [0.4, 0.5) is 0 Å². The topological polar surface area (TPSA) is 9.23 Å². The summed E-state index contributed by atoms with van der Waals surface area (Å²) in [5, 5.41) is 0. The summed E-state index contributed by atoms with van der Waals surface area (Å²) >= 11 is 4.67. The quantitative estimate of drug-likeness (QED) is 0.544. The molecule has 0 rings (SSSR count). The van der Waals surface area contributed by atoms with Crippen LogP contribution in [0.2, 0.25) is 0 Å². The van der Waals surface area contributed by atoms with Gasteiger partial charge in [-0.2, -0.15) is 0 Å². The number of thiol groups is 1. The lowest BCUT2D eigenvalue weighted by Gasteiger charge is -2.48. The van der Waals surface area contributed by atoms with Gasteiger partial charge < -0.3 is 4.74 Å². The second-order valence-electron chi connectivity index (χ2n) is 7.10. The second kappa shape index (κ2) is 3.96. The number of hydrogen-bond donors (Lipinski definition) is 1. The summed E-state index contributed by atoms with van der Waals surface area (Å²) in [6, 6.07) is 0. The van der Waals surface area contributed by atoms with Crippen molar-refractivity contribution in [3.05, 3.63) is 0 Å². The molecule has 0 bridgehead atoms. The van der Waals surface area contributed by atoms with Crippen LogP contribution < -0.4 is 0 Å². The Hall–Kier alpha value is 0.310. The standard InChI is InChI=1S/C13H28OS/c1-10(2,3)12(7,8)14-13(9,15)11(4,5)6/h15H,1-9H3. The Morgan fingerprint density at radius 2 is 1.00 bits per heavy atom. The predicted molar refractivity (Wildman–Crippen MR) is 71.5 cm³/mol. The first-order chi connectivity index (χ1) is 6.21. The van der Waals surface area contributed by atoms with Gasteiger partial charge in [0, 0.05) is 0 Å². The minimum Gasteiger partial charge on any atom is -0.358 e. The molecule has 92 valence electrons. The monoisotopic (exact) mass is 232 g/mol. The first-order valence-corrected chi connectivity index (χ1v) is 6.08. The van der Waals surface area contributed by atoms with Gasteiger partial charge in [-0.25, -0.2) is 0 Å². The van der Waals surface area contributed by atoms with E-state index in [-0.39, 0.29) is 16.4 Å². The Balaban J connectivity index is 4.89. The van der Waals surface area contributed by atoms with Gasteiger partial charge >= 0.3 is 0 Å². The highest BCUT2D eigenvalue weighted by molar-refractivity contribution is 7.81. The fourth-order valence-electron chi connectivity index (χ4n) is 0.803. The lowest BCUT2D eigenvalue weighted by Crippen LogP contribution is -2.49. The third-order valence-electron chi connectivity index (χ3n) is 3.65. The van der Waals surface area contributed by atoms with Gasteiger partial charge in [0.15, 0.2) is 0 Å². The van der Waals surface area contributed by atoms with E-state index >= 15 is 0 Å². The van der Waals surface area contributed by atoms with Crippen LogP contribution in [0.3, 0.4) is 0 Å². The van der Waals surface area contributed by atoms with Crippen LogP contribution in [0.25, 0.3) is 0 Å². The molecule has 0 amide bonds. The van der Waals surface area contributed by atoms with Crippen molar-refractivity contribution in [2.45, 2.75) is 72.8 Å². The van der Waals surface area contributed by atoms with Crippen LogP contribution in [0, 0.1) is 10.8 Å². The molecule has 1 atom stereocenters. The number of ether oxygens (including phenoxy) is 1. The second-order valence-corrected chi connectivity index (χ2v) is 7.95. The van der Waals surface area contributed by atoms with E-state index < -0.39 is 4.93 Å². The summed E-state index contributed by atoms with van der Waals surface area (Å²) in [5.41, 5.74) is -0.0857. The summed E-state index contributed by atoms with van der Waals surface area (Å²) in [6.45, 7) is 19.3. The molecule has 0 saturated heterocycles. The van der Waals surface area contributed by atoms with Crippen molar-refractivity contribution in [3.8, 4) is 0 Å². The molecular weight excluding hydrogens is 204 g/mol. The molecule has 0 spiro atoms. The zero-order chi connectivity index (χ0) is 12.7. The fourth-order valence-corrected chi connectivity index (χ4v) is 1.03. The van der Waals surface area contributed by atoms with Gasteiger partial charge in [-0.3, -0.25) is 0 Å². The van der Waals surface area contributed by atoms with Crippen molar-refractivity contribution in [2.24, 2.45) is 10.8 Å². The zero-order valence-corrected chi connectivity index (χ0v) is 12.7. The average Bonchev–Trinajstić information content (AvgIpc) is 1.77. The highest BCUT2D eigenvalue weighted by Gasteiger charge is 2.44. The van der Waals surface area contributed by atoms with Crippen molar-refractivity contribution < 1.29 is 4.74 Å². The Kier molecular flexibility index (Phi) is 4.04. The Bertz CT molecular complexity index is 192. The lowest BCUT2D eigenvalue weighted by atomic mass is 9.78. The summed E-state index contributed by atoms with van der Waals surface area (Å²) in [6.07, 6.45) is 0. The maximum absolute atomic E-state index is 6.22. The molecule has 0 saturated carbocycles. The third-order valence-corrected chi connectivity index (χ3v) is 4.41. The van der Waals surface area contributed by atoms with Gasteiger partial charge in [0.1, 0.15) is 4.93 Å². The molecule has 0 aromatic carbocycles. The molecule has 0 N–H and O–H groups in total. The maximum atomic E-state index is 6.22. The van der Waals surface area contributed by atoms with Crippen molar-refractivity contribution in [1.82, 2.24) is 0 Å². The van der Waals surface area contributed by atoms with Crippen LogP contribution in [-0.2, 0) is 4.74 Å². The minimum atomic E-state index is -0.427. The minimum absolute atomic E-state index is 0.0125. The van der Waals surface area contributed by atoms with Gasteiger partial charge in [-0.1, -0.05) is 41.5 Å². The molecule has 0 aliphatic rings. The normalized spacial score (nSPS) is 18.8. The van der Waals surface area contributed by atoms with Gasteiger partial charge in [0.25, 0.3) is 0 Å². The number of rotatable bonds is 2. The third kappa shape index (κ3) is 3.67. The number of hydrogen-bond acceptors (Lipinski definition) is 2. The summed E-state index contributed by atoms with van der Waals surface area (Å²) in [4.78, 5) is -0.427. The van der Waals surface area contributed by atoms with E-state index in [1.165, 1.54) is 0 Å². The van der Waals surface area contributed by atoms with Crippen LogP contribution in [-0.4, -0.2) is 10.5 Å². The first-order valence-electron chi connectivity index (χ1n) is 5.63. The summed E-state index contributed by atoms with van der Waals surface area (Å²) < 4.78 is 6.22. The molecule has 1 unspecified atom stereocenters. The Morgan fingerprint density at radius 1 is 0.667 bits per heavy atom. The molecule has 0 heterocycles. The van der Waals surface area contributed by atoms with E-state index in [1.54, 1.807) is 0 Å². The van der Waals surface area contributed by atoms with Crippen molar-refractivity contribution in [1.29, 1.82) is 0 Å². The smallest absolute Gasteiger partial charge is 0.113 e. The molecule has 1 nitrogen and oxygen atoms in total. The van der Waals surface area contributed by atoms with Crippen molar-refractivity contribution in [3.63, 3.8) is 0 Å². The molecule has 0 aromatic rings. The zero-order valence-electron chi connectivity index (χ0n) is 11.9. The van der Waals surface area contributed by atoms with Crippen molar-refractivity contribution in [2.75, 3.05) is 0 Å². The van der Waals surface area contributed by atoms with Gasteiger partial charge in [-0.15, -0.1) is 12.6 Å². The van der Waals surface area contributed by atoms with Crippen LogP contribution in [0.5, 0.6) is 0 Å². The molecule has 0 aliphatic carbocycles. The highest BCUT2D eigenvalue weighted by Crippen LogP contribution is 2.44. The van der Waals surface area contributed by atoms with E-state index in [4.69, 9.17) is 4.74 Å². The molecule has 2 heteroatoms. The van der Waals surface area contributed by atoms with E-state index in [0.717, 1.165) is 0 Å². The molecule has 0 radical (unpaired) electrons. The van der Waals surface area contributed by atoms with Gasteiger partial charge in [0.2, 0.25) is 0 Å². The van der Waals surface area contributed by atoms with Crippen LogP contribution in [0.15, 0.2) is 0 Å². The van der Waals surface area contributed by atoms with E-state index in [2.05, 4.69) is 68.0 Å². The van der Waals surface area contributed by atoms with Crippen LogP contribution >= 0.6 is 12.6 Å².